The van der Waals surface area contributed by atoms with Gasteiger partial charge in [0, 0.05) is 6.42 Å². The molecular weight excluding hydrogens is 158 g/mol. The standard InChI is InChI=1S/C8H15NO3/c1-2-7-3-6(10)4-8(12-7)5-9-11/h6-8,10H,2-5H2,1H3. The van der Waals surface area contributed by atoms with Gasteiger partial charge in [0.15, 0.2) is 0 Å². The van der Waals surface area contributed by atoms with Gasteiger partial charge in [-0.3, -0.25) is 0 Å². The maximum Gasteiger partial charge on any atom is 0.107 e. The fourth-order valence-corrected chi connectivity index (χ4v) is 1.55. The van der Waals surface area contributed by atoms with Gasteiger partial charge in [0.1, 0.15) is 6.54 Å². The molecule has 3 atom stereocenters. The first-order valence-electron chi connectivity index (χ1n) is 4.39. The molecule has 0 aliphatic carbocycles. The van der Waals surface area contributed by atoms with E-state index in [0.717, 1.165) is 6.42 Å². The van der Waals surface area contributed by atoms with Gasteiger partial charge in [0.2, 0.25) is 0 Å². The highest BCUT2D eigenvalue weighted by atomic mass is 16.5. The summed E-state index contributed by atoms with van der Waals surface area (Å²) in [4.78, 5) is 9.96. The van der Waals surface area contributed by atoms with E-state index < -0.39 is 0 Å². The third-order valence-corrected chi connectivity index (χ3v) is 2.19. The fourth-order valence-electron chi connectivity index (χ4n) is 1.55. The van der Waals surface area contributed by atoms with Crippen molar-refractivity contribution in [3.05, 3.63) is 4.91 Å². The second-order valence-electron chi connectivity index (χ2n) is 3.23. The second-order valence-corrected chi connectivity index (χ2v) is 3.23. The summed E-state index contributed by atoms with van der Waals surface area (Å²) in [5.74, 6) is 0. The Morgan fingerprint density at radius 3 is 2.75 bits per heavy atom. The lowest BCUT2D eigenvalue weighted by Gasteiger charge is -2.31. The van der Waals surface area contributed by atoms with Gasteiger partial charge in [0.05, 0.1) is 18.3 Å². The van der Waals surface area contributed by atoms with Crippen LogP contribution >= 0.6 is 0 Å². The number of hydrogen-bond donors (Lipinski definition) is 1. The van der Waals surface area contributed by atoms with Gasteiger partial charge in [-0.25, -0.2) is 0 Å². The van der Waals surface area contributed by atoms with Crippen LogP contribution < -0.4 is 0 Å². The van der Waals surface area contributed by atoms with Crippen LogP contribution in [-0.2, 0) is 4.74 Å². The Morgan fingerprint density at radius 1 is 1.50 bits per heavy atom. The minimum atomic E-state index is -0.324. The molecule has 1 fully saturated rings. The molecule has 1 heterocycles. The molecule has 0 spiro atoms. The van der Waals surface area contributed by atoms with Crippen LogP contribution in [0.5, 0.6) is 0 Å². The van der Waals surface area contributed by atoms with E-state index in [4.69, 9.17) is 4.74 Å². The lowest BCUT2D eigenvalue weighted by Crippen LogP contribution is -2.36. The molecule has 1 aliphatic heterocycles. The molecule has 1 saturated heterocycles. The summed E-state index contributed by atoms with van der Waals surface area (Å²) in [6, 6.07) is 0. The molecule has 1 N–H and O–H groups in total. The van der Waals surface area contributed by atoms with Crippen LogP contribution in [0.3, 0.4) is 0 Å². The third-order valence-electron chi connectivity index (χ3n) is 2.19. The highest BCUT2D eigenvalue weighted by Crippen LogP contribution is 2.21. The topological polar surface area (TPSA) is 58.9 Å². The molecule has 70 valence electrons. The average molecular weight is 173 g/mol. The van der Waals surface area contributed by atoms with Gasteiger partial charge in [-0.05, 0) is 12.8 Å². The molecule has 1 rings (SSSR count). The molecule has 1 aliphatic rings. The molecule has 0 saturated carbocycles. The maximum atomic E-state index is 9.96. The van der Waals surface area contributed by atoms with Crippen LogP contribution in [0.1, 0.15) is 26.2 Å². The summed E-state index contributed by atoms with van der Waals surface area (Å²) in [6.45, 7) is 2.17. The number of nitrogens with zero attached hydrogens (tertiary/aromatic N) is 1. The van der Waals surface area contributed by atoms with Crippen molar-refractivity contribution in [1.82, 2.24) is 0 Å². The highest BCUT2D eigenvalue weighted by Gasteiger charge is 2.27. The van der Waals surface area contributed by atoms with Crippen molar-refractivity contribution >= 4 is 0 Å². The first-order valence-corrected chi connectivity index (χ1v) is 4.39. The minimum Gasteiger partial charge on any atom is -0.393 e. The van der Waals surface area contributed by atoms with Crippen LogP contribution in [0.25, 0.3) is 0 Å². The largest absolute Gasteiger partial charge is 0.393 e. The van der Waals surface area contributed by atoms with Gasteiger partial charge >= 0.3 is 0 Å². The normalized spacial score (nSPS) is 36.3. The van der Waals surface area contributed by atoms with E-state index in [1.54, 1.807) is 0 Å². The number of rotatable bonds is 3. The summed E-state index contributed by atoms with van der Waals surface area (Å²) >= 11 is 0. The molecule has 0 bridgehead atoms. The molecular formula is C8H15NO3. The summed E-state index contributed by atoms with van der Waals surface area (Å²) in [5.41, 5.74) is 0. The van der Waals surface area contributed by atoms with E-state index in [0.29, 0.717) is 12.8 Å². The first-order chi connectivity index (χ1) is 5.76. The van der Waals surface area contributed by atoms with Gasteiger partial charge in [-0.1, -0.05) is 12.1 Å². The van der Waals surface area contributed by atoms with Crippen LogP contribution in [0.4, 0.5) is 0 Å². The molecule has 0 aromatic rings. The Morgan fingerprint density at radius 2 is 2.17 bits per heavy atom. The van der Waals surface area contributed by atoms with E-state index in [1.807, 2.05) is 6.92 Å². The number of aliphatic hydroxyl groups is 1. The van der Waals surface area contributed by atoms with Crippen LogP contribution in [0, 0.1) is 4.91 Å². The van der Waals surface area contributed by atoms with Crippen molar-refractivity contribution < 1.29 is 9.84 Å². The number of nitroso groups, excluding NO2 is 1. The van der Waals surface area contributed by atoms with Gasteiger partial charge in [-0.2, -0.15) is 4.91 Å². The predicted molar refractivity (Wildman–Crippen MR) is 44.9 cm³/mol. The monoisotopic (exact) mass is 173 g/mol. The van der Waals surface area contributed by atoms with E-state index in [9.17, 15) is 10.0 Å². The maximum absolute atomic E-state index is 9.96. The van der Waals surface area contributed by atoms with Crippen molar-refractivity contribution in [3.8, 4) is 0 Å². The van der Waals surface area contributed by atoms with Gasteiger partial charge in [-0.15, -0.1) is 0 Å². The van der Waals surface area contributed by atoms with Gasteiger partial charge < -0.3 is 9.84 Å². The van der Waals surface area contributed by atoms with E-state index in [2.05, 4.69) is 5.18 Å². The van der Waals surface area contributed by atoms with Crippen LogP contribution in [0.15, 0.2) is 5.18 Å². The Balaban J connectivity index is 2.39. The number of hydrogen-bond acceptors (Lipinski definition) is 4. The summed E-state index contributed by atoms with van der Waals surface area (Å²) in [7, 11) is 0. The van der Waals surface area contributed by atoms with Crippen molar-refractivity contribution in [2.75, 3.05) is 6.54 Å². The predicted octanol–water partition coefficient (Wildman–Crippen LogP) is 1.07. The summed E-state index contributed by atoms with van der Waals surface area (Å²) in [6.07, 6.45) is 1.72. The smallest absolute Gasteiger partial charge is 0.107 e. The minimum absolute atomic E-state index is 0.0977. The molecule has 4 heteroatoms. The van der Waals surface area contributed by atoms with Crippen LogP contribution in [0.2, 0.25) is 0 Å². The molecule has 0 aromatic heterocycles. The quantitative estimate of drug-likeness (QED) is 0.649. The number of aliphatic hydroxyl groups excluding tert-OH is 1. The highest BCUT2D eigenvalue weighted by molar-refractivity contribution is 4.77. The average Bonchev–Trinajstić information content (AvgIpc) is 2.04. The van der Waals surface area contributed by atoms with Crippen LogP contribution in [-0.4, -0.2) is 30.0 Å². The third kappa shape index (κ3) is 2.53. The van der Waals surface area contributed by atoms with Crippen molar-refractivity contribution in [3.63, 3.8) is 0 Å². The Hall–Kier alpha value is -0.480. The molecule has 0 aromatic carbocycles. The van der Waals surface area contributed by atoms with Crippen molar-refractivity contribution in [2.24, 2.45) is 5.18 Å². The Kier molecular flexibility index (Phi) is 3.62. The fraction of sp³-hybridized carbons (Fsp3) is 1.00. The second kappa shape index (κ2) is 4.52. The van der Waals surface area contributed by atoms with Crippen molar-refractivity contribution in [1.29, 1.82) is 0 Å². The van der Waals surface area contributed by atoms with E-state index in [1.165, 1.54) is 0 Å². The van der Waals surface area contributed by atoms with E-state index in [-0.39, 0.29) is 24.9 Å². The Labute approximate surface area is 71.9 Å². The van der Waals surface area contributed by atoms with E-state index >= 15 is 0 Å². The lowest BCUT2D eigenvalue weighted by atomic mass is 10.00. The summed E-state index contributed by atoms with van der Waals surface area (Å²) < 4.78 is 5.49. The lowest BCUT2D eigenvalue weighted by molar-refractivity contribution is -0.0916. The Bertz CT molecular complexity index is 151. The first kappa shape index (κ1) is 9.61. The SMILES string of the molecule is CCC1CC(O)CC(CN=O)O1. The molecule has 12 heavy (non-hydrogen) atoms. The molecule has 4 nitrogen and oxygen atoms in total. The zero-order valence-corrected chi connectivity index (χ0v) is 7.27. The molecule has 3 unspecified atom stereocenters. The molecule has 0 amide bonds. The van der Waals surface area contributed by atoms with Gasteiger partial charge in [0.25, 0.3) is 0 Å². The van der Waals surface area contributed by atoms with Crippen molar-refractivity contribution in [2.45, 2.75) is 44.5 Å². The number of ether oxygens (including phenoxy) is 1. The summed E-state index contributed by atoms with van der Waals surface area (Å²) in [5, 5.41) is 12.2. The zero-order chi connectivity index (χ0) is 8.97. The molecule has 0 radical (unpaired) electrons. The zero-order valence-electron chi connectivity index (χ0n) is 7.27.